The minimum absolute atomic E-state index is 0.252. The SMILES string of the molecule is Cc1[nH]nc2ccc(C(=O)O)c(Br)c12. The number of aromatic carboxylic acids is 1. The molecule has 0 radical (unpaired) electrons. The Morgan fingerprint density at radius 1 is 1.57 bits per heavy atom. The quantitative estimate of drug-likeness (QED) is 0.821. The van der Waals surface area contributed by atoms with Crippen LogP contribution in [-0.2, 0) is 0 Å². The van der Waals surface area contributed by atoms with E-state index in [0.29, 0.717) is 4.47 Å². The molecule has 0 saturated carbocycles. The minimum Gasteiger partial charge on any atom is -0.478 e. The molecule has 2 aromatic rings. The molecular weight excluding hydrogens is 248 g/mol. The van der Waals surface area contributed by atoms with Crippen molar-refractivity contribution >= 4 is 32.8 Å². The summed E-state index contributed by atoms with van der Waals surface area (Å²) in [5, 5.41) is 16.6. The highest BCUT2D eigenvalue weighted by molar-refractivity contribution is 9.10. The number of H-pyrrole nitrogens is 1. The molecule has 14 heavy (non-hydrogen) atoms. The number of benzene rings is 1. The Balaban J connectivity index is 2.86. The molecule has 2 N–H and O–H groups in total. The van der Waals surface area contributed by atoms with Crippen LogP contribution in [0.15, 0.2) is 16.6 Å². The van der Waals surface area contributed by atoms with E-state index in [0.717, 1.165) is 16.6 Å². The lowest BCUT2D eigenvalue weighted by molar-refractivity contribution is 0.0696. The number of aromatic amines is 1. The van der Waals surface area contributed by atoms with Crippen LogP contribution in [-0.4, -0.2) is 21.3 Å². The Hall–Kier alpha value is -1.36. The zero-order valence-corrected chi connectivity index (χ0v) is 8.92. The largest absolute Gasteiger partial charge is 0.478 e. The highest BCUT2D eigenvalue weighted by Crippen LogP contribution is 2.28. The average Bonchev–Trinajstić information content (AvgIpc) is 2.48. The van der Waals surface area contributed by atoms with Crippen LogP contribution in [0.1, 0.15) is 16.1 Å². The topological polar surface area (TPSA) is 66.0 Å². The van der Waals surface area contributed by atoms with E-state index in [9.17, 15) is 4.79 Å². The molecule has 0 amide bonds. The molecule has 1 aromatic carbocycles. The van der Waals surface area contributed by atoms with E-state index in [1.165, 1.54) is 6.07 Å². The number of hydrogen-bond donors (Lipinski definition) is 2. The Morgan fingerprint density at radius 3 is 2.93 bits per heavy atom. The molecule has 0 atom stereocenters. The van der Waals surface area contributed by atoms with Gasteiger partial charge in [0.25, 0.3) is 0 Å². The fourth-order valence-electron chi connectivity index (χ4n) is 1.38. The van der Waals surface area contributed by atoms with Crippen molar-refractivity contribution in [3.05, 3.63) is 27.9 Å². The minimum atomic E-state index is -0.945. The summed E-state index contributed by atoms with van der Waals surface area (Å²) in [6.07, 6.45) is 0. The van der Waals surface area contributed by atoms with Crippen molar-refractivity contribution in [2.24, 2.45) is 0 Å². The Labute approximate surface area is 88.1 Å². The number of nitrogens with zero attached hydrogens (tertiary/aromatic N) is 1. The predicted molar refractivity (Wildman–Crippen MR) is 55.5 cm³/mol. The van der Waals surface area contributed by atoms with Crippen LogP contribution in [0.5, 0.6) is 0 Å². The van der Waals surface area contributed by atoms with Gasteiger partial charge in [-0.3, -0.25) is 5.10 Å². The van der Waals surface area contributed by atoms with E-state index in [2.05, 4.69) is 26.1 Å². The second-order valence-corrected chi connectivity index (χ2v) is 3.77. The zero-order valence-electron chi connectivity index (χ0n) is 7.34. The van der Waals surface area contributed by atoms with Crippen molar-refractivity contribution < 1.29 is 9.90 Å². The summed E-state index contributed by atoms with van der Waals surface area (Å²) in [7, 11) is 0. The maximum Gasteiger partial charge on any atom is 0.336 e. The van der Waals surface area contributed by atoms with Gasteiger partial charge in [0, 0.05) is 15.6 Å². The first-order chi connectivity index (χ1) is 6.61. The van der Waals surface area contributed by atoms with Gasteiger partial charge in [0.1, 0.15) is 0 Å². The van der Waals surface area contributed by atoms with Gasteiger partial charge in [0.15, 0.2) is 0 Å². The molecule has 0 aliphatic heterocycles. The molecule has 0 aliphatic carbocycles. The number of carbonyl (C=O) groups is 1. The molecule has 0 aliphatic rings. The van der Waals surface area contributed by atoms with Crippen molar-refractivity contribution in [1.29, 1.82) is 0 Å². The number of carboxylic acid groups (broad SMARTS) is 1. The van der Waals surface area contributed by atoms with E-state index in [1.807, 2.05) is 6.92 Å². The fraction of sp³-hybridized carbons (Fsp3) is 0.111. The third-order valence-corrected chi connectivity index (χ3v) is 2.89. The normalized spacial score (nSPS) is 10.7. The fourth-order valence-corrected chi connectivity index (χ4v) is 2.18. The van der Waals surface area contributed by atoms with Crippen molar-refractivity contribution in [2.75, 3.05) is 0 Å². The van der Waals surface area contributed by atoms with Crippen molar-refractivity contribution in [2.45, 2.75) is 6.92 Å². The van der Waals surface area contributed by atoms with E-state index < -0.39 is 5.97 Å². The Bertz CT molecular complexity index is 519. The Kier molecular flexibility index (Phi) is 2.03. The summed E-state index contributed by atoms with van der Waals surface area (Å²) in [5.74, 6) is -0.945. The molecule has 0 unspecified atom stereocenters. The van der Waals surface area contributed by atoms with Gasteiger partial charge in [0.2, 0.25) is 0 Å². The van der Waals surface area contributed by atoms with Crippen molar-refractivity contribution in [3.8, 4) is 0 Å². The van der Waals surface area contributed by atoms with E-state index in [4.69, 9.17) is 5.11 Å². The van der Waals surface area contributed by atoms with Crippen molar-refractivity contribution in [1.82, 2.24) is 10.2 Å². The lowest BCUT2D eigenvalue weighted by Crippen LogP contribution is -1.97. The highest BCUT2D eigenvalue weighted by atomic mass is 79.9. The van der Waals surface area contributed by atoms with Gasteiger partial charge in [-0.1, -0.05) is 0 Å². The van der Waals surface area contributed by atoms with Gasteiger partial charge in [0.05, 0.1) is 11.1 Å². The van der Waals surface area contributed by atoms with E-state index in [1.54, 1.807) is 6.07 Å². The van der Waals surface area contributed by atoms with Crippen LogP contribution in [0.3, 0.4) is 0 Å². The first-order valence-electron chi connectivity index (χ1n) is 3.97. The summed E-state index contributed by atoms with van der Waals surface area (Å²) in [6, 6.07) is 3.22. The monoisotopic (exact) mass is 254 g/mol. The van der Waals surface area contributed by atoms with Crippen LogP contribution in [0.2, 0.25) is 0 Å². The molecular formula is C9H7BrN2O2. The predicted octanol–water partition coefficient (Wildman–Crippen LogP) is 2.33. The molecule has 0 fully saturated rings. The third kappa shape index (κ3) is 1.21. The number of aromatic nitrogens is 2. The third-order valence-electron chi connectivity index (χ3n) is 2.07. The van der Waals surface area contributed by atoms with Gasteiger partial charge in [-0.2, -0.15) is 5.10 Å². The first kappa shape index (κ1) is 9.21. The van der Waals surface area contributed by atoms with Gasteiger partial charge >= 0.3 is 5.97 Å². The molecule has 2 rings (SSSR count). The first-order valence-corrected chi connectivity index (χ1v) is 4.77. The number of aryl methyl sites for hydroxylation is 1. The lowest BCUT2D eigenvalue weighted by atomic mass is 10.1. The summed E-state index contributed by atoms with van der Waals surface area (Å²) in [4.78, 5) is 10.8. The number of rotatable bonds is 1. The summed E-state index contributed by atoms with van der Waals surface area (Å²) in [6.45, 7) is 1.85. The molecule has 1 aromatic heterocycles. The molecule has 0 bridgehead atoms. The van der Waals surface area contributed by atoms with Gasteiger partial charge in [-0.05, 0) is 35.0 Å². The Morgan fingerprint density at radius 2 is 2.29 bits per heavy atom. The lowest BCUT2D eigenvalue weighted by Gasteiger charge is -1.99. The number of carboxylic acids is 1. The van der Waals surface area contributed by atoms with Crippen LogP contribution in [0, 0.1) is 6.92 Å². The maximum atomic E-state index is 10.8. The second kappa shape index (κ2) is 3.09. The summed E-state index contributed by atoms with van der Waals surface area (Å²) >= 11 is 3.27. The zero-order chi connectivity index (χ0) is 10.3. The van der Waals surface area contributed by atoms with Crippen molar-refractivity contribution in [3.63, 3.8) is 0 Å². The number of halogens is 1. The number of fused-ring (bicyclic) bond motifs is 1. The van der Waals surface area contributed by atoms with Crippen LogP contribution in [0.25, 0.3) is 10.9 Å². The summed E-state index contributed by atoms with van der Waals surface area (Å²) in [5.41, 5.74) is 1.87. The molecule has 0 spiro atoms. The van der Waals surface area contributed by atoms with E-state index in [-0.39, 0.29) is 5.56 Å². The summed E-state index contributed by atoms with van der Waals surface area (Å²) < 4.78 is 0.578. The van der Waals surface area contributed by atoms with E-state index >= 15 is 0 Å². The molecule has 5 heteroatoms. The molecule has 4 nitrogen and oxygen atoms in total. The number of nitrogens with one attached hydrogen (secondary N) is 1. The van der Waals surface area contributed by atoms with Crippen LogP contribution < -0.4 is 0 Å². The maximum absolute atomic E-state index is 10.8. The number of hydrogen-bond acceptors (Lipinski definition) is 2. The molecule has 72 valence electrons. The van der Waals surface area contributed by atoms with Gasteiger partial charge in [-0.25, -0.2) is 4.79 Å². The van der Waals surface area contributed by atoms with Gasteiger partial charge < -0.3 is 5.11 Å². The van der Waals surface area contributed by atoms with Gasteiger partial charge in [-0.15, -0.1) is 0 Å². The molecule has 1 heterocycles. The average molecular weight is 255 g/mol. The smallest absolute Gasteiger partial charge is 0.336 e. The molecule has 0 saturated heterocycles. The highest BCUT2D eigenvalue weighted by Gasteiger charge is 2.13. The van der Waals surface area contributed by atoms with Crippen LogP contribution >= 0.6 is 15.9 Å². The van der Waals surface area contributed by atoms with Crippen LogP contribution in [0.4, 0.5) is 0 Å². The second-order valence-electron chi connectivity index (χ2n) is 2.97. The standard InChI is InChI=1S/C9H7BrN2O2/c1-4-7-6(12-11-4)3-2-5(8(7)10)9(13)14/h2-3H,1H3,(H,11,12)(H,13,14).